The summed E-state index contributed by atoms with van der Waals surface area (Å²) >= 11 is 6.37. The minimum atomic E-state index is -0.180. The number of rotatable bonds is 2. The third kappa shape index (κ3) is 3.39. The summed E-state index contributed by atoms with van der Waals surface area (Å²) < 4.78 is 1.90. The lowest BCUT2D eigenvalue weighted by Gasteiger charge is -2.25. The van der Waals surface area contributed by atoms with Crippen molar-refractivity contribution >= 4 is 35.7 Å². The molecule has 2 aromatic rings. The number of nitrogens with one attached hydrogen (secondary N) is 2. The first-order valence-corrected chi connectivity index (χ1v) is 7.79. The molecule has 1 heterocycles. The number of hydrogen-bond acceptors (Lipinski definition) is 3. The molecule has 0 amide bonds. The number of hydrazone groups is 1. The first-order chi connectivity index (χ1) is 11.0. The second-order valence-corrected chi connectivity index (χ2v) is 6.15. The number of guanidine groups is 1. The molecule has 0 saturated carbocycles. The fourth-order valence-electron chi connectivity index (χ4n) is 3.21. The molecular formula is C16H20Cl2N6. The first kappa shape index (κ1) is 18.3. The molecule has 24 heavy (non-hydrogen) atoms. The van der Waals surface area contributed by atoms with Gasteiger partial charge in [-0.15, -0.1) is 12.4 Å². The molecule has 1 atom stereocenters. The predicted molar refractivity (Wildman–Crippen MR) is 99.3 cm³/mol. The number of hydrogen-bond donors (Lipinski definition) is 3. The highest BCUT2D eigenvalue weighted by Crippen LogP contribution is 2.36. The van der Waals surface area contributed by atoms with Gasteiger partial charge in [-0.3, -0.25) is 10.1 Å². The van der Waals surface area contributed by atoms with E-state index in [1.165, 1.54) is 0 Å². The van der Waals surface area contributed by atoms with Crippen LogP contribution in [-0.2, 0) is 13.5 Å². The molecule has 4 N–H and O–H groups in total. The fourth-order valence-corrected chi connectivity index (χ4v) is 3.50. The van der Waals surface area contributed by atoms with Crippen molar-refractivity contribution in [3.05, 3.63) is 51.8 Å². The minimum Gasteiger partial charge on any atom is -0.369 e. The van der Waals surface area contributed by atoms with Gasteiger partial charge < -0.3 is 5.73 Å². The van der Waals surface area contributed by atoms with Crippen LogP contribution in [0.5, 0.6) is 0 Å². The lowest BCUT2D eigenvalue weighted by Crippen LogP contribution is -2.29. The molecule has 0 bridgehead atoms. The maximum atomic E-state index is 7.32. The van der Waals surface area contributed by atoms with Crippen molar-refractivity contribution in [1.82, 2.24) is 15.2 Å². The molecule has 1 aliphatic rings. The summed E-state index contributed by atoms with van der Waals surface area (Å²) in [7, 11) is 1.94. The van der Waals surface area contributed by atoms with E-state index >= 15 is 0 Å². The second-order valence-electron chi connectivity index (χ2n) is 5.74. The SMILES string of the molecule is Cc1nn(C)c2c1/C(=N\NC(=N)N)CC(c1ccccc1Cl)C2.Cl. The van der Waals surface area contributed by atoms with Crippen LogP contribution in [0.3, 0.4) is 0 Å². The van der Waals surface area contributed by atoms with E-state index in [9.17, 15) is 0 Å². The van der Waals surface area contributed by atoms with Crippen molar-refractivity contribution in [2.24, 2.45) is 17.9 Å². The summed E-state index contributed by atoms with van der Waals surface area (Å²) in [5.74, 6) is 0.0407. The second kappa shape index (κ2) is 7.23. The molecule has 1 aromatic heterocycles. The van der Waals surface area contributed by atoms with E-state index in [4.69, 9.17) is 22.7 Å². The van der Waals surface area contributed by atoms with E-state index in [-0.39, 0.29) is 24.3 Å². The van der Waals surface area contributed by atoms with Crippen molar-refractivity contribution in [1.29, 1.82) is 5.41 Å². The van der Waals surface area contributed by atoms with Crippen LogP contribution in [0.15, 0.2) is 29.4 Å². The maximum Gasteiger partial charge on any atom is 0.206 e. The van der Waals surface area contributed by atoms with E-state index in [2.05, 4.69) is 21.7 Å². The zero-order valence-electron chi connectivity index (χ0n) is 13.5. The van der Waals surface area contributed by atoms with E-state index in [1.54, 1.807) is 0 Å². The summed E-state index contributed by atoms with van der Waals surface area (Å²) in [6.07, 6.45) is 1.58. The maximum absolute atomic E-state index is 7.32. The molecule has 0 fully saturated rings. The van der Waals surface area contributed by atoms with Crippen LogP contribution in [0.2, 0.25) is 5.02 Å². The Bertz CT molecular complexity index is 796. The smallest absolute Gasteiger partial charge is 0.206 e. The van der Waals surface area contributed by atoms with Gasteiger partial charge in [0.15, 0.2) is 0 Å². The molecule has 1 unspecified atom stereocenters. The zero-order valence-corrected chi connectivity index (χ0v) is 15.1. The Morgan fingerprint density at radius 3 is 2.79 bits per heavy atom. The fraction of sp³-hybridized carbons (Fsp3) is 0.312. The highest BCUT2D eigenvalue weighted by atomic mass is 35.5. The van der Waals surface area contributed by atoms with Gasteiger partial charge in [-0.1, -0.05) is 29.8 Å². The van der Waals surface area contributed by atoms with E-state index in [0.29, 0.717) is 0 Å². The predicted octanol–water partition coefficient (Wildman–Crippen LogP) is 2.72. The summed E-state index contributed by atoms with van der Waals surface area (Å²) in [4.78, 5) is 0. The lowest BCUT2D eigenvalue weighted by molar-refractivity contribution is 0.625. The van der Waals surface area contributed by atoms with Crippen molar-refractivity contribution in [3.63, 3.8) is 0 Å². The van der Waals surface area contributed by atoms with Gasteiger partial charge in [-0.25, -0.2) is 5.43 Å². The Balaban J connectivity index is 0.00000208. The summed E-state index contributed by atoms with van der Waals surface area (Å²) in [6, 6.07) is 7.89. The molecular weight excluding hydrogens is 347 g/mol. The molecule has 0 spiro atoms. The van der Waals surface area contributed by atoms with E-state index in [1.807, 2.05) is 36.9 Å². The van der Waals surface area contributed by atoms with E-state index in [0.717, 1.165) is 46.1 Å². The van der Waals surface area contributed by atoms with Gasteiger partial charge in [0.05, 0.1) is 11.4 Å². The van der Waals surface area contributed by atoms with Crippen LogP contribution in [0, 0.1) is 12.3 Å². The number of nitrogens with two attached hydrogens (primary N) is 1. The topological polar surface area (TPSA) is 92.1 Å². The third-order valence-corrected chi connectivity index (χ3v) is 4.51. The molecule has 6 nitrogen and oxygen atoms in total. The summed E-state index contributed by atoms with van der Waals surface area (Å²) in [5, 5.41) is 16.9. The number of nitrogens with zero attached hydrogens (tertiary/aromatic N) is 3. The van der Waals surface area contributed by atoms with Crippen molar-refractivity contribution < 1.29 is 0 Å². The van der Waals surface area contributed by atoms with Crippen LogP contribution in [-0.4, -0.2) is 21.5 Å². The summed E-state index contributed by atoms with van der Waals surface area (Å²) in [5.41, 5.74) is 13.0. The molecule has 0 radical (unpaired) electrons. The molecule has 1 aliphatic carbocycles. The van der Waals surface area contributed by atoms with E-state index < -0.39 is 0 Å². The average Bonchev–Trinajstić information content (AvgIpc) is 2.80. The summed E-state index contributed by atoms with van der Waals surface area (Å²) in [6.45, 7) is 1.97. The number of benzene rings is 1. The highest BCUT2D eigenvalue weighted by molar-refractivity contribution is 6.31. The lowest BCUT2D eigenvalue weighted by atomic mass is 9.81. The normalized spacial score (nSPS) is 18.0. The average molecular weight is 367 g/mol. The Morgan fingerprint density at radius 1 is 1.42 bits per heavy atom. The Morgan fingerprint density at radius 2 is 2.12 bits per heavy atom. The number of aryl methyl sites for hydroxylation is 2. The van der Waals surface area contributed by atoms with Gasteiger partial charge in [0.25, 0.3) is 0 Å². The molecule has 0 aliphatic heterocycles. The van der Waals surface area contributed by atoms with Crippen LogP contribution in [0.4, 0.5) is 0 Å². The number of fused-ring (bicyclic) bond motifs is 1. The first-order valence-electron chi connectivity index (χ1n) is 7.41. The third-order valence-electron chi connectivity index (χ3n) is 4.17. The van der Waals surface area contributed by atoms with Crippen LogP contribution >= 0.6 is 24.0 Å². The van der Waals surface area contributed by atoms with Crippen LogP contribution in [0.25, 0.3) is 0 Å². The molecule has 1 aromatic carbocycles. The standard InChI is InChI=1S/C16H19ClN6.ClH/c1-9-15-13(20-21-16(18)19)7-10(8-14(15)23(2)22-9)11-5-3-4-6-12(11)17;/h3-6,10H,7-8H2,1-2H3,(H4,18,19,21);1H/b20-13-;. The largest absolute Gasteiger partial charge is 0.369 e. The Hall–Kier alpha value is -2.05. The number of aromatic nitrogens is 2. The van der Waals surface area contributed by atoms with Crippen molar-refractivity contribution in [2.75, 3.05) is 0 Å². The highest BCUT2D eigenvalue weighted by Gasteiger charge is 2.30. The van der Waals surface area contributed by atoms with Crippen molar-refractivity contribution in [2.45, 2.75) is 25.7 Å². The number of halogens is 2. The Kier molecular flexibility index (Phi) is 5.51. The van der Waals surface area contributed by atoms with Crippen LogP contribution in [0.1, 0.15) is 34.9 Å². The molecule has 0 saturated heterocycles. The minimum absolute atomic E-state index is 0. The Labute approximate surface area is 152 Å². The van der Waals surface area contributed by atoms with Crippen molar-refractivity contribution in [3.8, 4) is 0 Å². The van der Waals surface area contributed by atoms with Gasteiger partial charge in [-0.05, 0) is 37.3 Å². The molecule has 3 rings (SSSR count). The molecule has 8 heteroatoms. The molecule has 128 valence electrons. The van der Waals surface area contributed by atoms with Gasteiger partial charge in [0.1, 0.15) is 0 Å². The van der Waals surface area contributed by atoms with Gasteiger partial charge in [0.2, 0.25) is 5.96 Å². The van der Waals surface area contributed by atoms with Gasteiger partial charge in [0, 0.05) is 23.3 Å². The zero-order chi connectivity index (χ0) is 16.6. The monoisotopic (exact) mass is 366 g/mol. The van der Waals surface area contributed by atoms with Crippen LogP contribution < -0.4 is 11.2 Å². The van der Waals surface area contributed by atoms with Gasteiger partial charge >= 0.3 is 0 Å². The van der Waals surface area contributed by atoms with Gasteiger partial charge in [-0.2, -0.15) is 10.2 Å². The quantitative estimate of drug-likeness (QED) is 0.433.